The molecule has 6 nitrogen and oxygen atoms in total. The SMILES string of the molecule is CC(C)(C)CC(=O)N1CCCn2cccc2C1c1ccccc1[N+](=O)[O-]. The minimum Gasteiger partial charge on any atom is -0.349 e. The summed E-state index contributed by atoms with van der Waals surface area (Å²) in [5.74, 6) is 0.0373. The number of amides is 1. The number of nitro groups is 1. The van der Waals surface area contributed by atoms with Crippen LogP contribution in [0.3, 0.4) is 0 Å². The monoisotopic (exact) mass is 355 g/mol. The molecule has 26 heavy (non-hydrogen) atoms. The van der Waals surface area contributed by atoms with Crippen molar-refractivity contribution in [2.24, 2.45) is 5.41 Å². The molecule has 0 N–H and O–H groups in total. The average Bonchev–Trinajstić information content (AvgIpc) is 2.93. The normalized spacial score (nSPS) is 17.5. The van der Waals surface area contributed by atoms with Crippen LogP contribution in [0.5, 0.6) is 0 Å². The number of hydrogen-bond donors (Lipinski definition) is 0. The Morgan fingerprint density at radius 1 is 1.19 bits per heavy atom. The molecule has 6 heteroatoms. The fourth-order valence-electron chi connectivity index (χ4n) is 3.62. The molecule has 0 fully saturated rings. The largest absolute Gasteiger partial charge is 0.349 e. The van der Waals surface area contributed by atoms with E-state index in [2.05, 4.69) is 4.57 Å². The highest BCUT2D eigenvalue weighted by Gasteiger charge is 2.35. The number of nitro benzene ring substituents is 1. The molecule has 3 rings (SSSR count). The number of aromatic nitrogens is 1. The molecule has 2 heterocycles. The quantitative estimate of drug-likeness (QED) is 0.613. The van der Waals surface area contributed by atoms with E-state index in [1.165, 1.54) is 6.07 Å². The maximum Gasteiger partial charge on any atom is 0.275 e. The van der Waals surface area contributed by atoms with Crippen LogP contribution in [0, 0.1) is 15.5 Å². The van der Waals surface area contributed by atoms with Crippen molar-refractivity contribution in [3.05, 3.63) is 64.0 Å². The number of carbonyl (C=O) groups is 1. The number of rotatable bonds is 3. The summed E-state index contributed by atoms with van der Waals surface area (Å²) in [6.45, 7) is 7.49. The van der Waals surface area contributed by atoms with Crippen LogP contribution in [-0.2, 0) is 11.3 Å². The van der Waals surface area contributed by atoms with Crippen LogP contribution in [-0.4, -0.2) is 26.8 Å². The van der Waals surface area contributed by atoms with E-state index in [4.69, 9.17) is 0 Å². The fourth-order valence-corrected chi connectivity index (χ4v) is 3.62. The third-order valence-electron chi connectivity index (χ3n) is 4.68. The molecule has 1 unspecified atom stereocenters. The summed E-state index contributed by atoms with van der Waals surface area (Å²) in [7, 11) is 0. The maximum atomic E-state index is 13.1. The Morgan fingerprint density at radius 2 is 1.92 bits per heavy atom. The van der Waals surface area contributed by atoms with Gasteiger partial charge in [-0.3, -0.25) is 14.9 Å². The molecule has 2 aromatic rings. The van der Waals surface area contributed by atoms with E-state index in [1.807, 2.05) is 44.0 Å². The van der Waals surface area contributed by atoms with Gasteiger partial charge in [-0.15, -0.1) is 0 Å². The summed E-state index contributed by atoms with van der Waals surface area (Å²) >= 11 is 0. The van der Waals surface area contributed by atoms with Crippen LogP contribution in [0.2, 0.25) is 0 Å². The molecule has 0 saturated heterocycles. The van der Waals surface area contributed by atoms with Gasteiger partial charge in [0.15, 0.2) is 0 Å². The summed E-state index contributed by atoms with van der Waals surface area (Å²) in [6, 6.07) is 10.2. The summed E-state index contributed by atoms with van der Waals surface area (Å²) in [5, 5.41) is 11.6. The predicted octanol–water partition coefficient (Wildman–Crippen LogP) is 4.15. The van der Waals surface area contributed by atoms with E-state index in [0.29, 0.717) is 18.5 Å². The Balaban J connectivity index is 2.12. The third-order valence-corrected chi connectivity index (χ3v) is 4.68. The zero-order chi connectivity index (χ0) is 18.9. The van der Waals surface area contributed by atoms with Crippen molar-refractivity contribution in [2.75, 3.05) is 6.54 Å². The molecule has 1 aliphatic heterocycles. The van der Waals surface area contributed by atoms with Crippen LogP contribution >= 0.6 is 0 Å². The first-order valence-electron chi connectivity index (χ1n) is 8.96. The van der Waals surface area contributed by atoms with Crippen LogP contribution in [0.4, 0.5) is 5.69 Å². The Bertz CT molecular complexity index is 820. The zero-order valence-electron chi connectivity index (χ0n) is 15.5. The molecule has 0 bridgehead atoms. The smallest absolute Gasteiger partial charge is 0.275 e. The molecule has 1 amide bonds. The molecule has 0 aliphatic carbocycles. The maximum absolute atomic E-state index is 13.1. The third kappa shape index (κ3) is 3.64. The number of hydrogen-bond acceptors (Lipinski definition) is 3. The number of benzene rings is 1. The van der Waals surface area contributed by atoms with Crippen LogP contribution < -0.4 is 0 Å². The lowest BCUT2D eigenvalue weighted by Gasteiger charge is -2.32. The van der Waals surface area contributed by atoms with E-state index in [9.17, 15) is 14.9 Å². The lowest BCUT2D eigenvalue weighted by molar-refractivity contribution is -0.385. The molecule has 0 saturated carbocycles. The number of para-hydroxylation sites is 1. The fraction of sp³-hybridized carbons (Fsp3) is 0.450. The molecule has 1 atom stereocenters. The number of carbonyl (C=O) groups excluding carboxylic acids is 1. The standard InChI is InChI=1S/C20H25N3O3/c1-20(2,3)14-18(24)22-13-7-12-21-11-6-10-17(21)19(22)15-8-4-5-9-16(15)23(25)26/h4-6,8-11,19H,7,12-14H2,1-3H3. The second kappa shape index (κ2) is 6.94. The Morgan fingerprint density at radius 3 is 2.62 bits per heavy atom. The number of aryl methyl sites for hydroxylation is 1. The second-order valence-electron chi connectivity index (χ2n) is 8.02. The van der Waals surface area contributed by atoms with Crippen molar-refractivity contribution < 1.29 is 9.72 Å². The van der Waals surface area contributed by atoms with Gasteiger partial charge in [0, 0.05) is 37.5 Å². The van der Waals surface area contributed by atoms with Crippen LogP contribution in [0.15, 0.2) is 42.6 Å². The van der Waals surface area contributed by atoms with Gasteiger partial charge in [-0.2, -0.15) is 0 Å². The van der Waals surface area contributed by atoms with E-state index in [-0.39, 0.29) is 21.9 Å². The minimum absolute atomic E-state index is 0.0373. The lowest BCUT2D eigenvalue weighted by atomic mass is 9.90. The molecule has 1 aromatic carbocycles. The highest BCUT2D eigenvalue weighted by molar-refractivity contribution is 5.78. The first kappa shape index (κ1) is 18.2. The van der Waals surface area contributed by atoms with Gasteiger partial charge in [-0.1, -0.05) is 32.9 Å². The summed E-state index contributed by atoms with van der Waals surface area (Å²) in [5.41, 5.74) is 1.42. The molecular weight excluding hydrogens is 330 g/mol. The van der Waals surface area contributed by atoms with Crippen LogP contribution in [0.1, 0.15) is 50.9 Å². The Hall–Kier alpha value is -2.63. The van der Waals surface area contributed by atoms with E-state index < -0.39 is 6.04 Å². The van der Waals surface area contributed by atoms with Gasteiger partial charge in [0.2, 0.25) is 5.91 Å². The van der Waals surface area contributed by atoms with Crippen molar-refractivity contribution >= 4 is 11.6 Å². The van der Waals surface area contributed by atoms with E-state index >= 15 is 0 Å². The molecule has 0 radical (unpaired) electrons. The molecule has 0 spiro atoms. The topological polar surface area (TPSA) is 68.4 Å². The average molecular weight is 355 g/mol. The van der Waals surface area contributed by atoms with Gasteiger partial charge in [0.25, 0.3) is 5.69 Å². The van der Waals surface area contributed by atoms with Crippen molar-refractivity contribution in [1.82, 2.24) is 9.47 Å². The molecule has 1 aromatic heterocycles. The van der Waals surface area contributed by atoms with E-state index in [0.717, 1.165) is 18.7 Å². The van der Waals surface area contributed by atoms with Gasteiger partial charge < -0.3 is 9.47 Å². The first-order valence-corrected chi connectivity index (χ1v) is 8.96. The highest BCUT2D eigenvalue weighted by Crippen LogP contribution is 2.37. The van der Waals surface area contributed by atoms with E-state index in [1.54, 1.807) is 18.2 Å². The van der Waals surface area contributed by atoms with Gasteiger partial charge >= 0.3 is 0 Å². The summed E-state index contributed by atoms with van der Waals surface area (Å²) < 4.78 is 2.10. The predicted molar refractivity (Wildman–Crippen MR) is 99.8 cm³/mol. The van der Waals surface area contributed by atoms with Crippen molar-refractivity contribution in [3.63, 3.8) is 0 Å². The Kier molecular flexibility index (Phi) is 4.85. The van der Waals surface area contributed by atoms with Gasteiger partial charge in [0.1, 0.15) is 6.04 Å². The summed E-state index contributed by atoms with van der Waals surface area (Å²) in [6.07, 6.45) is 3.22. The van der Waals surface area contributed by atoms with Gasteiger partial charge in [0.05, 0.1) is 10.5 Å². The molecule has 1 aliphatic rings. The minimum atomic E-state index is -0.441. The molecule has 138 valence electrons. The lowest BCUT2D eigenvalue weighted by Crippen LogP contribution is -2.37. The number of fused-ring (bicyclic) bond motifs is 1. The summed E-state index contributed by atoms with van der Waals surface area (Å²) in [4.78, 5) is 26.2. The number of nitrogens with zero attached hydrogens (tertiary/aromatic N) is 3. The second-order valence-corrected chi connectivity index (χ2v) is 8.02. The molecular formula is C20H25N3O3. The Labute approximate surface area is 153 Å². The van der Waals surface area contributed by atoms with Gasteiger partial charge in [-0.05, 0) is 30.0 Å². The van der Waals surface area contributed by atoms with Crippen LogP contribution in [0.25, 0.3) is 0 Å². The first-order chi connectivity index (χ1) is 12.3. The van der Waals surface area contributed by atoms with Crippen molar-refractivity contribution in [2.45, 2.75) is 46.2 Å². The van der Waals surface area contributed by atoms with Crippen molar-refractivity contribution in [1.29, 1.82) is 0 Å². The zero-order valence-corrected chi connectivity index (χ0v) is 15.5. The van der Waals surface area contributed by atoms with Gasteiger partial charge in [-0.25, -0.2) is 0 Å². The highest BCUT2D eigenvalue weighted by atomic mass is 16.6. The van der Waals surface area contributed by atoms with Crippen molar-refractivity contribution in [3.8, 4) is 0 Å².